The van der Waals surface area contributed by atoms with Gasteiger partial charge in [-0.1, -0.05) is 17.3 Å². The Morgan fingerprint density at radius 1 is 1.33 bits per heavy atom. The van der Waals surface area contributed by atoms with Gasteiger partial charge in [-0.25, -0.2) is 4.79 Å². The van der Waals surface area contributed by atoms with Crippen molar-refractivity contribution in [2.75, 3.05) is 0 Å². The maximum absolute atomic E-state index is 10.5. The van der Waals surface area contributed by atoms with Gasteiger partial charge in [0.15, 0.2) is 11.5 Å². The molecule has 1 aromatic carbocycles. The van der Waals surface area contributed by atoms with Crippen LogP contribution in [0.2, 0.25) is 0 Å². The van der Waals surface area contributed by atoms with Gasteiger partial charge in [0.25, 0.3) is 0 Å². The van der Waals surface area contributed by atoms with Crippen molar-refractivity contribution in [1.29, 1.82) is 0 Å². The van der Waals surface area contributed by atoms with Crippen molar-refractivity contribution in [3.05, 3.63) is 36.0 Å². The van der Waals surface area contributed by atoms with E-state index in [0.29, 0.717) is 5.56 Å². The summed E-state index contributed by atoms with van der Waals surface area (Å²) in [4.78, 5) is 10.5. The second-order valence-electron chi connectivity index (χ2n) is 2.90. The highest BCUT2D eigenvalue weighted by atomic mass is 16.5. The lowest BCUT2D eigenvalue weighted by Crippen LogP contribution is -1.94. The van der Waals surface area contributed by atoms with Gasteiger partial charge in [-0.15, -0.1) is 0 Å². The Bertz CT molecular complexity index is 504. The van der Waals surface area contributed by atoms with Crippen LogP contribution in [0.15, 0.2) is 34.9 Å². The number of carboxylic acid groups (broad SMARTS) is 1. The van der Waals surface area contributed by atoms with Crippen LogP contribution in [0.1, 0.15) is 10.5 Å². The molecule has 0 radical (unpaired) electrons. The number of para-hydroxylation sites is 1. The fourth-order valence-electron chi connectivity index (χ4n) is 1.18. The van der Waals surface area contributed by atoms with Crippen LogP contribution in [0.3, 0.4) is 0 Å². The summed E-state index contributed by atoms with van der Waals surface area (Å²) in [5, 5.41) is 21.5. The smallest absolute Gasteiger partial charge is 0.358 e. The van der Waals surface area contributed by atoms with Crippen molar-refractivity contribution in [3.63, 3.8) is 0 Å². The average molecular weight is 205 g/mol. The number of benzene rings is 1. The zero-order valence-electron chi connectivity index (χ0n) is 7.54. The molecule has 5 heteroatoms. The van der Waals surface area contributed by atoms with Crippen LogP contribution in [0.5, 0.6) is 5.75 Å². The molecule has 2 aromatic rings. The number of phenolic OH excluding ortho intramolecular Hbond substituents is 1. The van der Waals surface area contributed by atoms with Crippen LogP contribution in [0.25, 0.3) is 11.3 Å². The molecule has 0 aliphatic carbocycles. The van der Waals surface area contributed by atoms with Crippen molar-refractivity contribution in [3.8, 4) is 17.1 Å². The first-order chi connectivity index (χ1) is 7.18. The highest BCUT2D eigenvalue weighted by molar-refractivity contribution is 5.86. The fourth-order valence-corrected chi connectivity index (χ4v) is 1.18. The molecule has 0 atom stereocenters. The topological polar surface area (TPSA) is 83.6 Å². The summed E-state index contributed by atoms with van der Waals surface area (Å²) >= 11 is 0. The van der Waals surface area contributed by atoms with Crippen molar-refractivity contribution >= 4 is 5.97 Å². The highest BCUT2D eigenvalue weighted by Gasteiger charge is 2.13. The zero-order valence-corrected chi connectivity index (χ0v) is 7.54. The molecule has 0 aliphatic rings. The average Bonchev–Trinajstić information content (AvgIpc) is 2.67. The highest BCUT2D eigenvalue weighted by Crippen LogP contribution is 2.28. The summed E-state index contributed by atoms with van der Waals surface area (Å²) in [6, 6.07) is 7.72. The van der Waals surface area contributed by atoms with Gasteiger partial charge in [0.1, 0.15) is 5.75 Å². The third-order valence-corrected chi connectivity index (χ3v) is 1.90. The minimum absolute atomic E-state index is 0.0191. The number of nitrogens with zero attached hydrogens (tertiary/aromatic N) is 1. The van der Waals surface area contributed by atoms with Gasteiger partial charge in [-0.2, -0.15) is 0 Å². The van der Waals surface area contributed by atoms with Gasteiger partial charge in [0.05, 0.1) is 5.56 Å². The van der Waals surface area contributed by atoms with Gasteiger partial charge in [-0.3, -0.25) is 0 Å². The number of carboxylic acids is 1. The number of carbonyl (C=O) groups is 1. The summed E-state index contributed by atoms with van der Waals surface area (Å²) in [7, 11) is 0. The Morgan fingerprint density at radius 2 is 2.07 bits per heavy atom. The largest absolute Gasteiger partial charge is 0.507 e. The van der Waals surface area contributed by atoms with Crippen molar-refractivity contribution in [2.24, 2.45) is 0 Å². The summed E-state index contributed by atoms with van der Waals surface area (Å²) in [5.74, 6) is -0.920. The van der Waals surface area contributed by atoms with Crippen LogP contribution < -0.4 is 0 Å². The first kappa shape index (κ1) is 9.26. The summed E-state index contributed by atoms with van der Waals surface area (Å²) in [6.45, 7) is 0. The quantitative estimate of drug-likeness (QED) is 0.780. The number of hydrogen-bond donors (Lipinski definition) is 2. The molecule has 0 unspecified atom stereocenters. The lowest BCUT2D eigenvalue weighted by Gasteiger charge is -1.97. The van der Waals surface area contributed by atoms with Gasteiger partial charge in [0, 0.05) is 6.07 Å². The molecule has 5 nitrogen and oxygen atoms in total. The van der Waals surface area contributed by atoms with E-state index in [9.17, 15) is 9.90 Å². The van der Waals surface area contributed by atoms with E-state index in [0.717, 1.165) is 0 Å². The van der Waals surface area contributed by atoms with E-state index in [4.69, 9.17) is 9.63 Å². The Morgan fingerprint density at radius 3 is 2.67 bits per heavy atom. The Hall–Kier alpha value is -2.30. The molecule has 15 heavy (non-hydrogen) atoms. The molecule has 76 valence electrons. The van der Waals surface area contributed by atoms with E-state index in [1.54, 1.807) is 18.2 Å². The van der Waals surface area contributed by atoms with Crippen LogP contribution in [0.4, 0.5) is 0 Å². The monoisotopic (exact) mass is 205 g/mol. The van der Waals surface area contributed by atoms with Crippen molar-refractivity contribution < 1.29 is 19.5 Å². The molecule has 0 fully saturated rings. The maximum atomic E-state index is 10.5. The molecule has 0 saturated heterocycles. The van der Waals surface area contributed by atoms with Crippen LogP contribution in [-0.4, -0.2) is 21.3 Å². The van der Waals surface area contributed by atoms with E-state index in [1.165, 1.54) is 12.1 Å². The molecule has 2 rings (SSSR count). The van der Waals surface area contributed by atoms with Gasteiger partial charge < -0.3 is 14.7 Å². The second-order valence-corrected chi connectivity index (χ2v) is 2.90. The van der Waals surface area contributed by atoms with E-state index in [-0.39, 0.29) is 17.2 Å². The lowest BCUT2D eigenvalue weighted by molar-refractivity contribution is 0.0686. The molecule has 0 aliphatic heterocycles. The lowest BCUT2D eigenvalue weighted by atomic mass is 10.1. The number of aromatic nitrogens is 1. The number of aromatic carboxylic acids is 1. The van der Waals surface area contributed by atoms with E-state index in [1.807, 2.05) is 0 Å². The Balaban J connectivity index is 2.46. The molecular formula is C10H7NO4. The SMILES string of the molecule is O=C(O)c1cc(-c2ccccc2O)on1. The molecule has 2 N–H and O–H groups in total. The molecule has 0 saturated carbocycles. The summed E-state index contributed by atoms with van der Waals surface area (Å²) in [6.07, 6.45) is 0. The number of phenols is 1. The Labute approximate surface area is 84.6 Å². The predicted octanol–water partition coefficient (Wildman–Crippen LogP) is 1.75. The standard InChI is InChI=1S/C10H7NO4/c12-8-4-2-1-3-6(8)9-5-7(10(13)14)11-15-9/h1-5,12H,(H,13,14). The van der Waals surface area contributed by atoms with Crippen LogP contribution in [0, 0.1) is 0 Å². The van der Waals surface area contributed by atoms with E-state index >= 15 is 0 Å². The third-order valence-electron chi connectivity index (χ3n) is 1.90. The van der Waals surface area contributed by atoms with Crippen molar-refractivity contribution in [2.45, 2.75) is 0 Å². The Kier molecular flexibility index (Phi) is 2.13. The van der Waals surface area contributed by atoms with E-state index in [2.05, 4.69) is 5.16 Å². The van der Waals surface area contributed by atoms with Gasteiger partial charge in [-0.05, 0) is 12.1 Å². The first-order valence-electron chi connectivity index (χ1n) is 4.17. The molecule has 1 aromatic heterocycles. The zero-order chi connectivity index (χ0) is 10.8. The number of aromatic hydroxyl groups is 1. The molecule has 1 heterocycles. The fraction of sp³-hybridized carbons (Fsp3) is 0. The maximum Gasteiger partial charge on any atom is 0.358 e. The molecule has 0 spiro atoms. The second kappa shape index (κ2) is 3.45. The number of hydrogen-bond acceptors (Lipinski definition) is 4. The normalized spacial score (nSPS) is 10.1. The van der Waals surface area contributed by atoms with Gasteiger partial charge in [0.2, 0.25) is 0 Å². The van der Waals surface area contributed by atoms with E-state index < -0.39 is 5.97 Å². The summed E-state index contributed by atoms with van der Waals surface area (Å²) < 4.78 is 4.80. The van der Waals surface area contributed by atoms with Crippen LogP contribution in [-0.2, 0) is 0 Å². The minimum Gasteiger partial charge on any atom is -0.507 e. The van der Waals surface area contributed by atoms with Crippen LogP contribution >= 0.6 is 0 Å². The first-order valence-corrected chi connectivity index (χ1v) is 4.17. The molecular weight excluding hydrogens is 198 g/mol. The van der Waals surface area contributed by atoms with Crippen molar-refractivity contribution in [1.82, 2.24) is 5.16 Å². The van der Waals surface area contributed by atoms with Gasteiger partial charge >= 0.3 is 5.97 Å². The third kappa shape index (κ3) is 1.67. The predicted molar refractivity (Wildman–Crippen MR) is 50.6 cm³/mol. The number of rotatable bonds is 2. The molecule has 0 bridgehead atoms. The summed E-state index contributed by atoms with van der Waals surface area (Å²) in [5.41, 5.74) is 0.228. The molecule has 0 amide bonds. The minimum atomic E-state index is -1.17.